The summed E-state index contributed by atoms with van der Waals surface area (Å²) in [7, 11) is 0. The van der Waals surface area contributed by atoms with E-state index in [0.717, 1.165) is 0 Å². The minimum Gasteiger partial charge on any atom is -0.303 e. The molecule has 0 unspecified atom stereocenters. The van der Waals surface area contributed by atoms with Crippen LogP contribution < -0.4 is 0 Å². The van der Waals surface area contributed by atoms with Crippen molar-refractivity contribution in [2.75, 3.05) is 19.6 Å². The molecule has 1 heterocycles. The number of benzene rings is 1. The highest BCUT2D eigenvalue weighted by Crippen LogP contribution is 2.14. The first-order valence-electron chi connectivity index (χ1n) is 5.19. The largest absolute Gasteiger partial charge is 0.303 e. The third kappa shape index (κ3) is 1.92. The van der Waals surface area contributed by atoms with Gasteiger partial charge in [-0.25, -0.2) is 0 Å². The number of nitrogens with zero attached hydrogens (tertiary/aromatic N) is 1. The third-order valence-corrected chi connectivity index (χ3v) is 2.96. The maximum Gasteiger partial charge on any atom is 0.00219 e. The van der Waals surface area contributed by atoms with Crippen LogP contribution in [0, 0.1) is 0 Å². The van der Waals surface area contributed by atoms with Gasteiger partial charge in [0.2, 0.25) is 0 Å². The maximum atomic E-state index is 2.53. The molecule has 0 fully saturated rings. The minimum absolute atomic E-state index is 1.19. The minimum atomic E-state index is 1.19. The quantitative estimate of drug-likeness (QED) is 0.632. The lowest BCUT2D eigenvalue weighted by Gasteiger charge is -2.16. The molecule has 0 aromatic heterocycles. The Bertz CT molecular complexity index is 253. The van der Waals surface area contributed by atoms with E-state index in [1.54, 1.807) is 11.1 Å². The molecule has 1 nitrogen and oxygen atoms in total. The zero-order chi connectivity index (χ0) is 9.10. The Kier molecular flexibility index (Phi) is 2.65. The topological polar surface area (TPSA) is 3.24 Å². The molecule has 13 heavy (non-hydrogen) atoms. The van der Waals surface area contributed by atoms with Crippen LogP contribution in [0.1, 0.15) is 18.1 Å². The fourth-order valence-corrected chi connectivity index (χ4v) is 2.03. The lowest BCUT2D eigenvalue weighted by Crippen LogP contribution is -2.25. The molecule has 0 amide bonds. The molecule has 1 aliphatic rings. The van der Waals surface area contributed by atoms with Gasteiger partial charge in [0.1, 0.15) is 0 Å². The second-order valence-electron chi connectivity index (χ2n) is 3.70. The summed E-state index contributed by atoms with van der Waals surface area (Å²) in [4.78, 5) is 2.53. The lowest BCUT2D eigenvalue weighted by atomic mass is 10.0. The van der Waals surface area contributed by atoms with Crippen LogP contribution in [0.4, 0.5) is 0 Å². The number of fused-ring (bicyclic) bond motifs is 1. The molecule has 0 aliphatic carbocycles. The Morgan fingerprint density at radius 3 is 2.08 bits per heavy atom. The summed E-state index contributed by atoms with van der Waals surface area (Å²) in [5, 5.41) is 0. The summed E-state index contributed by atoms with van der Waals surface area (Å²) in [5.74, 6) is 0. The van der Waals surface area contributed by atoms with Gasteiger partial charge in [0.25, 0.3) is 0 Å². The first-order valence-corrected chi connectivity index (χ1v) is 5.19. The Hall–Kier alpha value is -0.820. The summed E-state index contributed by atoms with van der Waals surface area (Å²) in [6, 6.07) is 8.85. The molecule has 1 aromatic rings. The van der Waals surface area contributed by atoms with Gasteiger partial charge < -0.3 is 4.90 Å². The molecule has 1 aliphatic heterocycles. The van der Waals surface area contributed by atoms with E-state index in [-0.39, 0.29) is 0 Å². The Morgan fingerprint density at radius 2 is 1.62 bits per heavy atom. The van der Waals surface area contributed by atoms with Crippen LogP contribution in [0.5, 0.6) is 0 Å². The van der Waals surface area contributed by atoms with Gasteiger partial charge in [-0.2, -0.15) is 0 Å². The van der Waals surface area contributed by atoms with Crippen LogP contribution in [-0.2, 0) is 12.8 Å². The van der Waals surface area contributed by atoms with Crippen LogP contribution in [0.15, 0.2) is 24.3 Å². The highest BCUT2D eigenvalue weighted by molar-refractivity contribution is 5.28. The van der Waals surface area contributed by atoms with Crippen LogP contribution >= 0.6 is 0 Å². The second-order valence-corrected chi connectivity index (χ2v) is 3.70. The number of hydrogen-bond donors (Lipinski definition) is 0. The highest BCUT2D eigenvalue weighted by atomic mass is 15.1. The second kappa shape index (κ2) is 3.93. The Labute approximate surface area is 80.4 Å². The number of rotatable bonds is 1. The fraction of sp³-hybridized carbons (Fsp3) is 0.500. The fourth-order valence-electron chi connectivity index (χ4n) is 2.03. The summed E-state index contributed by atoms with van der Waals surface area (Å²) in [6.45, 7) is 5.89. The molecule has 1 aromatic carbocycles. The normalized spacial score (nSPS) is 17.9. The SMILES string of the molecule is CCN1CCc2ccccc2CC1. The zero-order valence-corrected chi connectivity index (χ0v) is 8.29. The first kappa shape index (κ1) is 8.76. The molecule has 70 valence electrons. The molecule has 0 atom stereocenters. The Morgan fingerprint density at radius 1 is 1.08 bits per heavy atom. The van der Waals surface area contributed by atoms with Crippen molar-refractivity contribution in [3.8, 4) is 0 Å². The van der Waals surface area contributed by atoms with Crippen LogP contribution in [0.25, 0.3) is 0 Å². The van der Waals surface area contributed by atoms with Gasteiger partial charge in [-0.05, 0) is 30.5 Å². The maximum absolute atomic E-state index is 2.53. The van der Waals surface area contributed by atoms with Gasteiger partial charge >= 0.3 is 0 Å². The molecule has 0 N–H and O–H groups in total. The van der Waals surface area contributed by atoms with Gasteiger partial charge in [0, 0.05) is 13.1 Å². The molecular formula is C12H17N. The first-order chi connectivity index (χ1) is 6.40. The van der Waals surface area contributed by atoms with Crippen molar-refractivity contribution in [1.82, 2.24) is 4.90 Å². The molecular weight excluding hydrogens is 158 g/mol. The molecule has 2 rings (SSSR count). The highest BCUT2D eigenvalue weighted by Gasteiger charge is 2.10. The molecule has 1 heteroatoms. The van der Waals surface area contributed by atoms with E-state index >= 15 is 0 Å². The van der Waals surface area contributed by atoms with E-state index in [9.17, 15) is 0 Å². The zero-order valence-electron chi connectivity index (χ0n) is 8.29. The van der Waals surface area contributed by atoms with Crippen molar-refractivity contribution >= 4 is 0 Å². The standard InChI is InChI=1S/C12H17N/c1-2-13-9-7-11-5-3-4-6-12(11)8-10-13/h3-6H,2,7-10H2,1H3. The van der Waals surface area contributed by atoms with Gasteiger partial charge in [0.05, 0.1) is 0 Å². The van der Waals surface area contributed by atoms with Crippen molar-refractivity contribution in [2.45, 2.75) is 19.8 Å². The average molecular weight is 175 g/mol. The van der Waals surface area contributed by atoms with Crippen molar-refractivity contribution in [1.29, 1.82) is 0 Å². The van der Waals surface area contributed by atoms with Crippen molar-refractivity contribution < 1.29 is 0 Å². The van der Waals surface area contributed by atoms with E-state index in [4.69, 9.17) is 0 Å². The van der Waals surface area contributed by atoms with Gasteiger partial charge in [-0.1, -0.05) is 31.2 Å². The molecule has 0 saturated heterocycles. The molecule has 0 saturated carbocycles. The van der Waals surface area contributed by atoms with Gasteiger partial charge in [0.15, 0.2) is 0 Å². The number of likely N-dealkylation sites (N-methyl/N-ethyl adjacent to an activating group) is 1. The molecule has 0 radical (unpaired) electrons. The van der Waals surface area contributed by atoms with Crippen molar-refractivity contribution in [2.24, 2.45) is 0 Å². The molecule has 0 bridgehead atoms. The third-order valence-electron chi connectivity index (χ3n) is 2.96. The van der Waals surface area contributed by atoms with E-state index in [0.29, 0.717) is 0 Å². The van der Waals surface area contributed by atoms with Crippen LogP contribution in [-0.4, -0.2) is 24.5 Å². The summed E-state index contributed by atoms with van der Waals surface area (Å²) >= 11 is 0. The summed E-state index contributed by atoms with van der Waals surface area (Å²) in [6.07, 6.45) is 2.45. The predicted molar refractivity (Wildman–Crippen MR) is 56.0 cm³/mol. The van der Waals surface area contributed by atoms with Gasteiger partial charge in [-0.15, -0.1) is 0 Å². The van der Waals surface area contributed by atoms with E-state index in [1.165, 1.54) is 32.5 Å². The Balaban J connectivity index is 2.17. The van der Waals surface area contributed by atoms with Crippen LogP contribution in [0.3, 0.4) is 0 Å². The predicted octanol–water partition coefficient (Wildman–Crippen LogP) is 2.11. The van der Waals surface area contributed by atoms with Crippen molar-refractivity contribution in [3.05, 3.63) is 35.4 Å². The lowest BCUT2D eigenvalue weighted by molar-refractivity contribution is 0.303. The summed E-state index contributed by atoms with van der Waals surface area (Å²) < 4.78 is 0. The monoisotopic (exact) mass is 175 g/mol. The smallest absolute Gasteiger partial charge is 0.00219 e. The molecule has 0 spiro atoms. The average Bonchev–Trinajstić information content (AvgIpc) is 2.39. The summed E-state index contributed by atoms with van der Waals surface area (Å²) in [5.41, 5.74) is 3.11. The van der Waals surface area contributed by atoms with Crippen LogP contribution in [0.2, 0.25) is 0 Å². The van der Waals surface area contributed by atoms with Crippen molar-refractivity contribution in [3.63, 3.8) is 0 Å². The van der Waals surface area contributed by atoms with Gasteiger partial charge in [-0.3, -0.25) is 0 Å². The van der Waals surface area contributed by atoms with E-state index in [1.807, 2.05) is 0 Å². The van der Waals surface area contributed by atoms with E-state index < -0.39 is 0 Å². The number of hydrogen-bond acceptors (Lipinski definition) is 1. The van der Waals surface area contributed by atoms with E-state index in [2.05, 4.69) is 36.1 Å².